The van der Waals surface area contributed by atoms with E-state index in [9.17, 15) is 0 Å². The zero-order chi connectivity index (χ0) is 10.9. The van der Waals surface area contributed by atoms with Crippen LogP contribution >= 0.6 is 0 Å². The number of benzene rings is 1. The van der Waals surface area contributed by atoms with Crippen LogP contribution in [0.4, 0.5) is 0 Å². The van der Waals surface area contributed by atoms with E-state index in [0.29, 0.717) is 0 Å². The molecule has 1 aliphatic rings. The van der Waals surface area contributed by atoms with E-state index in [1.54, 1.807) is 0 Å². The van der Waals surface area contributed by atoms with Crippen molar-refractivity contribution in [2.24, 2.45) is 5.73 Å². The van der Waals surface area contributed by atoms with Crippen molar-refractivity contribution in [3.8, 4) is 0 Å². The maximum atomic E-state index is 6.06. The Labute approximate surface area is 92.7 Å². The van der Waals surface area contributed by atoms with Gasteiger partial charge in [-0.3, -0.25) is 0 Å². The molecule has 0 aliphatic heterocycles. The second-order valence-corrected chi connectivity index (χ2v) is 5.13. The molecule has 2 N–H and O–H groups in total. The van der Waals surface area contributed by atoms with Crippen molar-refractivity contribution in [1.29, 1.82) is 0 Å². The highest BCUT2D eigenvalue weighted by atomic mass is 14.8. The van der Waals surface area contributed by atoms with Crippen molar-refractivity contribution in [2.75, 3.05) is 0 Å². The smallest absolute Gasteiger partial charge is 0.0155 e. The fourth-order valence-electron chi connectivity index (χ4n) is 2.01. The summed E-state index contributed by atoms with van der Waals surface area (Å²) in [6.45, 7) is 4.35. The lowest BCUT2D eigenvalue weighted by Crippen LogP contribution is -2.21. The first-order valence-corrected chi connectivity index (χ1v) is 5.94. The van der Waals surface area contributed by atoms with Crippen LogP contribution in [0.1, 0.15) is 42.4 Å². The molecule has 1 heteroatoms. The molecule has 1 saturated carbocycles. The molecule has 0 heterocycles. The van der Waals surface area contributed by atoms with Gasteiger partial charge >= 0.3 is 0 Å². The second-order valence-electron chi connectivity index (χ2n) is 5.13. The van der Waals surface area contributed by atoms with Crippen LogP contribution < -0.4 is 5.73 Å². The van der Waals surface area contributed by atoms with Crippen molar-refractivity contribution < 1.29 is 0 Å². The zero-order valence-corrected chi connectivity index (χ0v) is 9.84. The number of hydrogen-bond acceptors (Lipinski definition) is 1. The van der Waals surface area contributed by atoms with Crippen molar-refractivity contribution in [3.05, 3.63) is 34.9 Å². The quantitative estimate of drug-likeness (QED) is 0.799. The van der Waals surface area contributed by atoms with E-state index in [2.05, 4.69) is 32.0 Å². The first-order chi connectivity index (χ1) is 7.09. The molecule has 0 aromatic heterocycles. The normalized spacial score (nSPS) is 17.8. The van der Waals surface area contributed by atoms with Crippen molar-refractivity contribution in [1.82, 2.24) is 0 Å². The monoisotopic (exact) mass is 203 g/mol. The van der Waals surface area contributed by atoms with Crippen molar-refractivity contribution >= 4 is 0 Å². The average molecular weight is 203 g/mol. The van der Waals surface area contributed by atoms with Gasteiger partial charge in [0.05, 0.1) is 0 Å². The Kier molecular flexibility index (Phi) is 2.83. The summed E-state index contributed by atoms with van der Waals surface area (Å²) in [4.78, 5) is 0. The van der Waals surface area contributed by atoms with Gasteiger partial charge in [0.2, 0.25) is 0 Å². The largest absolute Gasteiger partial charge is 0.325 e. The topological polar surface area (TPSA) is 26.0 Å². The van der Waals surface area contributed by atoms with Crippen LogP contribution in [0.5, 0.6) is 0 Å². The predicted molar refractivity (Wildman–Crippen MR) is 65.0 cm³/mol. The van der Waals surface area contributed by atoms with E-state index < -0.39 is 0 Å². The molecule has 0 bridgehead atoms. The Morgan fingerprint density at radius 3 is 2.53 bits per heavy atom. The molecule has 15 heavy (non-hydrogen) atoms. The Bertz CT molecular complexity index is 350. The highest BCUT2D eigenvalue weighted by Crippen LogP contribution is 2.36. The Morgan fingerprint density at radius 1 is 1.20 bits per heavy atom. The van der Waals surface area contributed by atoms with E-state index >= 15 is 0 Å². The second kappa shape index (κ2) is 3.97. The van der Waals surface area contributed by atoms with Crippen molar-refractivity contribution in [2.45, 2.75) is 51.5 Å². The van der Waals surface area contributed by atoms with Gasteiger partial charge in [-0.15, -0.1) is 0 Å². The molecule has 0 unspecified atom stereocenters. The summed E-state index contributed by atoms with van der Waals surface area (Å²) in [7, 11) is 0. The lowest BCUT2D eigenvalue weighted by molar-refractivity contribution is 0.576. The molecule has 82 valence electrons. The summed E-state index contributed by atoms with van der Waals surface area (Å²) < 4.78 is 0. The summed E-state index contributed by atoms with van der Waals surface area (Å²) in [6, 6.07) is 6.78. The highest BCUT2D eigenvalue weighted by Gasteiger charge is 2.36. The third-order valence-corrected chi connectivity index (χ3v) is 3.60. The molecule has 0 saturated heterocycles. The average Bonchev–Trinajstić information content (AvgIpc) is 2.90. The molecular formula is C14H21N. The summed E-state index contributed by atoms with van der Waals surface area (Å²) in [5, 5.41) is 0. The number of hydrogen-bond donors (Lipinski definition) is 1. The van der Waals surface area contributed by atoms with Crippen LogP contribution in [-0.2, 0) is 6.42 Å². The van der Waals surface area contributed by atoms with Crippen LogP contribution in [0.2, 0.25) is 0 Å². The van der Waals surface area contributed by atoms with Gasteiger partial charge in [0, 0.05) is 5.54 Å². The SMILES string of the molecule is Cc1ccc(CCCC2(N)CC2)cc1C. The summed E-state index contributed by atoms with van der Waals surface area (Å²) in [6.07, 6.45) is 6.08. The lowest BCUT2D eigenvalue weighted by Gasteiger charge is -2.09. The molecule has 1 aliphatic carbocycles. The summed E-state index contributed by atoms with van der Waals surface area (Å²) in [5.41, 5.74) is 10.5. The fourth-order valence-corrected chi connectivity index (χ4v) is 2.01. The molecule has 1 aromatic rings. The van der Waals surface area contributed by atoms with Gasteiger partial charge in [-0.1, -0.05) is 18.2 Å². The van der Waals surface area contributed by atoms with Crippen LogP contribution in [0.15, 0.2) is 18.2 Å². The Morgan fingerprint density at radius 2 is 1.93 bits per heavy atom. The lowest BCUT2D eigenvalue weighted by atomic mass is 10.0. The number of aryl methyl sites for hydroxylation is 3. The molecule has 1 fully saturated rings. The van der Waals surface area contributed by atoms with Gasteiger partial charge in [-0.25, -0.2) is 0 Å². The maximum absolute atomic E-state index is 6.06. The van der Waals surface area contributed by atoms with E-state index in [1.165, 1.54) is 48.8 Å². The molecule has 0 radical (unpaired) electrons. The Hall–Kier alpha value is -0.820. The first kappa shape index (κ1) is 10.7. The van der Waals surface area contributed by atoms with Gasteiger partial charge < -0.3 is 5.73 Å². The number of rotatable bonds is 4. The standard InChI is InChI=1S/C14H21N/c1-11-5-6-13(10-12(11)2)4-3-7-14(15)8-9-14/h5-6,10H,3-4,7-9,15H2,1-2H3. The van der Waals surface area contributed by atoms with E-state index in [4.69, 9.17) is 5.73 Å². The van der Waals surface area contributed by atoms with E-state index in [-0.39, 0.29) is 5.54 Å². The van der Waals surface area contributed by atoms with Crippen LogP contribution in [0.25, 0.3) is 0 Å². The maximum Gasteiger partial charge on any atom is 0.0155 e. The van der Waals surface area contributed by atoms with Crippen LogP contribution in [0, 0.1) is 13.8 Å². The number of nitrogens with two attached hydrogens (primary N) is 1. The van der Waals surface area contributed by atoms with Gasteiger partial charge in [0.1, 0.15) is 0 Å². The van der Waals surface area contributed by atoms with Crippen LogP contribution in [0.3, 0.4) is 0 Å². The minimum atomic E-state index is 0.222. The molecule has 0 atom stereocenters. The molecule has 1 nitrogen and oxygen atoms in total. The molecular weight excluding hydrogens is 182 g/mol. The van der Waals surface area contributed by atoms with Gasteiger partial charge in [0.15, 0.2) is 0 Å². The first-order valence-electron chi connectivity index (χ1n) is 5.94. The molecule has 0 amide bonds. The van der Waals surface area contributed by atoms with E-state index in [1.807, 2.05) is 0 Å². The summed E-state index contributed by atoms with van der Waals surface area (Å²) >= 11 is 0. The fraction of sp³-hybridized carbons (Fsp3) is 0.571. The predicted octanol–water partition coefficient (Wildman–Crippen LogP) is 3.12. The van der Waals surface area contributed by atoms with Crippen molar-refractivity contribution in [3.63, 3.8) is 0 Å². The van der Waals surface area contributed by atoms with E-state index in [0.717, 1.165) is 0 Å². The van der Waals surface area contributed by atoms with Crippen LogP contribution in [-0.4, -0.2) is 5.54 Å². The third kappa shape index (κ3) is 2.82. The zero-order valence-electron chi connectivity index (χ0n) is 9.84. The molecule has 2 rings (SSSR count). The third-order valence-electron chi connectivity index (χ3n) is 3.60. The molecule has 0 spiro atoms. The minimum Gasteiger partial charge on any atom is -0.325 e. The molecule has 1 aromatic carbocycles. The summed E-state index contributed by atoms with van der Waals surface area (Å²) in [5.74, 6) is 0. The minimum absolute atomic E-state index is 0.222. The van der Waals surface area contributed by atoms with Gasteiger partial charge in [-0.05, 0) is 62.6 Å². The highest BCUT2D eigenvalue weighted by molar-refractivity contribution is 5.29. The van der Waals surface area contributed by atoms with Gasteiger partial charge in [0.25, 0.3) is 0 Å². The van der Waals surface area contributed by atoms with Gasteiger partial charge in [-0.2, -0.15) is 0 Å². The Balaban J connectivity index is 1.85.